The van der Waals surface area contributed by atoms with Crippen LogP contribution in [-0.2, 0) is 11.4 Å². The Kier molecular flexibility index (Phi) is 4.58. The molecule has 0 saturated heterocycles. The Bertz CT molecular complexity index is 376. The molecule has 17 heavy (non-hydrogen) atoms. The molecule has 4 heteroatoms. The summed E-state index contributed by atoms with van der Waals surface area (Å²) in [5.41, 5.74) is 2.13. The second kappa shape index (κ2) is 5.38. The molecule has 0 aliphatic rings. The Labute approximate surface area is 108 Å². The maximum atomic E-state index is 12.3. The molecule has 96 valence electrons. The summed E-state index contributed by atoms with van der Waals surface area (Å²) in [5.74, 6) is 0. The molecular formula is C13H22N2OS. The lowest BCUT2D eigenvalue weighted by Gasteiger charge is -2.34. The average molecular weight is 254 g/mol. The van der Waals surface area contributed by atoms with Gasteiger partial charge in [-0.25, -0.2) is 0 Å². The molecule has 0 spiro atoms. The molecule has 0 bridgehead atoms. The molecule has 0 radical (unpaired) electrons. The maximum absolute atomic E-state index is 12.3. The first-order chi connectivity index (χ1) is 7.75. The van der Waals surface area contributed by atoms with Crippen molar-refractivity contribution in [3.63, 3.8) is 0 Å². The van der Waals surface area contributed by atoms with Crippen LogP contribution in [0.3, 0.4) is 0 Å². The molecule has 1 aromatic heterocycles. The van der Waals surface area contributed by atoms with Gasteiger partial charge in [-0.05, 0) is 46.2 Å². The first-order valence-electron chi connectivity index (χ1n) is 5.81. The molecule has 0 N–H and O–H groups in total. The minimum atomic E-state index is -1.02. The van der Waals surface area contributed by atoms with Gasteiger partial charge in [0.1, 0.15) is 4.75 Å². The zero-order valence-electron chi connectivity index (χ0n) is 11.5. The van der Waals surface area contributed by atoms with Crippen LogP contribution < -0.4 is 0 Å². The van der Waals surface area contributed by atoms with Crippen LogP contribution in [0.1, 0.15) is 45.0 Å². The molecular weight excluding hydrogens is 232 g/mol. The molecule has 0 aliphatic carbocycles. The summed E-state index contributed by atoms with van der Waals surface area (Å²) in [4.78, 5) is 4.28. The summed E-state index contributed by atoms with van der Waals surface area (Å²) < 4.78 is 14.0. The van der Waals surface area contributed by atoms with E-state index in [9.17, 15) is 4.55 Å². The van der Waals surface area contributed by atoms with Gasteiger partial charge in [-0.15, -0.1) is 4.31 Å². The van der Waals surface area contributed by atoms with Gasteiger partial charge in [0, 0.05) is 30.3 Å². The quantitative estimate of drug-likeness (QED) is 0.779. The molecule has 1 rings (SSSR count). The molecule has 2 atom stereocenters. The van der Waals surface area contributed by atoms with E-state index in [1.165, 1.54) is 0 Å². The van der Waals surface area contributed by atoms with Gasteiger partial charge in [0.05, 0.1) is 6.04 Å². The van der Waals surface area contributed by atoms with Gasteiger partial charge in [-0.2, -0.15) is 0 Å². The van der Waals surface area contributed by atoms with E-state index in [4.69, 9.17) is 0 Å². The topological polar surface area (TPSA) is 39.2 Å². The normalized spacial score (nSPS) is 16.0. The monoisotopic (exact) mass is 254 g/mol. The highest BCUT2D eigenvalue weighted by atomic mass is 32.2. The highest BCUT2D eigenvalue weighted by molar-refractivity contribution is 7.90. The van der Waals surface area contributed by atoms with Crippen molar-refractivity contribution >= 4 is 11.4 Å². The highest BCUT2D eigenvalue weighted by Crippen LogP contribution is 2.28. The molecule has 0 saturated carbocycles. The second-order valence-corrected chi connectivity index (χ2v) is 7.56. The van der Waals surface area contributed by atoms with Crippen LogP contribution in [-0.4, -0.2) is 25.6 Å². The molecule has 0 amide bonds. The number of nitrogens with zero attached hydrogens (tertiary/aromatic N) is 2. The van der Waals surface area contributed by atoms with Crippen molar-refractivity contribution in [2.45, 2.75) is 45.4 Å². The summed E-state index contributed by atoms with van der Waals surface area (Å²) in [6.45, 7) is 10.0. The van der Waals surface area contributed by atoms with E-state index in [1.54, 1.807) is 6.20 Å². The van der Waals surface area contributed by atoms with Crippen LogP contribution in [0.2, 0.25) is 0 Å². The highest BCUT2D eigenvalue weighted by Gasteiger charge is 2.34. The van der Waals surface area contributed by atoms with Gasteiger partial charge in [-0.3, -0.25) is 4.98 Å². The van der Waals surface area contributed by atoms with Crippen molar-refractivity contribution in [2.24, 2.45) is 0 Å². The standard InChI is InChI=1S/C13H22N2OS/c1-10-12(8-7-9-14-10)11(2)15(6)17(16)13(3,4)5/h7-9,11H,1-6H3. The van der Waals surface area contributed by atoms with Crippen LogP contribution in [0, 0.1) is 6.92 Å². The molecule has 1 heterocycles. The minimum absolute atomic E-state index is 0.101. The summed E-state index contributed by atoms with van der Waals surface area (Å²) in [7, 11) is 1.90. The van der Waals surface area contributed by atoms with E-state index in [2.05, 4.69) is 11.9 Å². The number of hydrogen-bond donors (Lipinski definition) is 0. The summed E-state index contributed by atoms with van der Waals surface area (Å²) >= 11 is -1.02. The van der Waals surface area contributed by atoms with Crippen molar-refractivity contribution in [1.82, 2.24) is 9.29 Å². The van der Waals surface area contributed by atoms with E-state index in [0.717, 1.165) is 11.3 Å². The Balaban J connectivity index is 2.91. The zero-order chi connectivity index (χ0) is 13.2. The molecule has 1 aromatic rings. The van der Waals surface area contributed by atoms with Gasteiger partial charge in [-0.1, -0.05) is 6.07 Å². The van der Waals surface area contributed by atoms with Crippen LogP contribution in [0.15, 0.2) is 18.3 Å². The first kappa shape index (κ1) is 14.5. The van der Waals surface area contributed by atoms with E-state index in [1.807, 2.05) is 51.2 Å². The van der Waals surface area contributed by atoms with E-state index in [0.29, 0.717) is 0 Å². The van der Waals surface area contributed by atoms with Gasteiger partial charge < -0.3 is 4.55 Å². The van der Waals surface area contributed by atoms with Crippen molar-refractivity contribution in [1.29, 1.82) is 0 Å². The predicted octanol–water partition coefficient (Wildman–Crippen LogP) is 2.85. The van der Waals surface area contributed by atoms with Crippen LogP contribution >= 0.6 is 0 Å². The smallest absolute Gasteiger partial charge is 0.137 e. The fourth-order valence-corrected chi connectivity index (χ4v) is 2.97. The predicted molar refractivity (Wildman–Crippen MR) is 73.0 cm³/mol. The van der Waals surface area contributed by atoms with Crippen LogP contribution in [0.25, 0.3) is 0 Å². The largest absolute Gasteiger partial charge is 0.597 e. The van der Waals surface area contributed by atoms with Gasteiger partial charge in [0.25, 0.3) is 0 Å². The van der Waals surface area contributed by atoms with E-state index in [-0.39, 0.29) is 10.8 Å². The van der Waals surface area contributed by atoms with Crippen molar-refractivity contribution in [2.75, 3.05) is 7.05 Å². The van der Waals surface area contributed by atoms with Crippen LogP contribution in [0.5, 0.6) is 0 Å². The summed E-state index contributed by atoms with van der Waals surface area (Å²) in [6.07, 6.45) is 1.78. The van der Waals surface area contributed by atoms with Crippen molar-refractivity contribution in [3.8, 4) is 0 Å². The van der Waals surface area contributed by atoms with Gasteiger partial charge in [0.15, 0.2) is 0 Å². The number of hydrogen-bond acceptors (Lipinski definition) is 3. The molecule has 0 aliphatic heterocycles. The Morgan fingerprint density at radius 1 is 1.41 bits per heavy atom. The fraction of sp³-hybridized carbons (Fsp3) is 0.615. The Morgan fingerprint density at radius 2 is 2.00 bits per heavy atom. The second-order valence-electron chi connectivity index (χ2n) is 5.26. The number of aryl methyl sites for hydroxylation is 1. The van der Waals surface area contributed by atoms with E-state index >= 15 is 0 Å². The molecule has 0 aromatic carbocycles. The summed E-state index contributed by atoms with van der Waals surface area (Å²) in [6, 6.07) is 4.07. The molecule has 0 fully saturated rings. The Hall–Kier alpha value is -0.580. The third-order valence-electron chi connectivity index (χ3n) is 2.83. The maximum Gasteiger partial charge on any atom is 0.137 e. The first-order valence-corrected chi connectivity index (χ1v) is 6.92. The molecule has 2 unspecified atom stereocenters. The van der Waals surface area contributed by atoms with Gasteiger partial charge >= 0.3 is 0 Å². The number of aromatic nitrogens is 1. The van der Waals surface area contributed by atoms with Crippen LogP contribution in [0.4, 0.5) is 0 Å². The number of pyridine rings is 1. The lowest BCUT2D eigenvalue weighted by atomic mass is 10.1. The van der Waals surface area contributed by atoms with Crippen molar-refractivity contribution < 1.29 is 4.55 Å². The third-order valence-corrected chi connectivity index (χ3v) is 4.72. The summed E-state index contributed by atoms with van der Waals surface area (Å²) in [5, 5.41) is 0. The number of rotatable bonds is 3. The Morgan fingerprint density at radius 3 is 2.47 bits per heavy atom. The third kappa shape index (κ3) is 3.44. The molecule has 3 nitrogen and oxygen atoms in total. The average Bonchev–Trinajstić information content (AvgIpc) is 2.25. The van der Waals surface area contributed by atoms with Gasteiger partial charge in [0.2, 0.25) is 0 Å². The van der Waals surface area contributed by atoms with E-state index < -0.39 is 11.4 Å². The van der Waals surface area contributed by atoms with Crippen molar-refractivity contribution in [3.05, 3.63) is 29.6 Å². The fourth-order valence-electron chi connectivity index (χ4n) is 1.71. The lowest BCUT2D eigenvalue weighted by Crippen LogP contribution is -2.42. The minimum Gasteiger partial charge on any atom is -0.597 e. The zero-order valence-corrected chi connectivity index (χ0v) is 12.3. The SMILES string of the molecule is Cc1ncccc1C(C)N(C)[S+]([O-])C(C)(C)C. The lowest BCUT2D eigenvalue weighted by molar-refractivity contribution is 0.381.